The summed E-state index contributed by atoms with van der Waals surface area (Å²) < 4.78 is 5.71. The number of nitrogens with zero attached hydrogens (tertiary/aromatic N) is 2. The molecule has 0 bridgehead atoms. The summed E-state index contributed by atoms with van der Waals surface area (Å²) in [5.74, 6) is 0.585. The summed E-state index contributed by atoms with van der Waals surface area (Å²) in [5, 5.41) is 20.7. The van der Waals surface area contributed by atoms with Crippen molar-refractivity contribution in [3.05, 3.63) is 68.7 Å². The molecule has 0 radical (unpaired) electrons. The van der Waals surface area contributed by atoms with Crippen LogP contribution in [0.3, 0.4) is 0 Å². The van der Waals surface area contributed by atoms with Crippen molar-refractivity contribution in [2.75, 3.05) is 0 Å². The van der Waals surface area contributed by atoms with Crippen LogP contribution in [0.15, 0.2) is 42.5 Å². The molecule has 0 saturated heterocycles. The van der Waals surface area contributed by atoms with Crippen molar-refractivity contribution in [1.82, 2.24) is 0 Å². The Morgan fingerprint density at radius 3 is 2.76 bits per heavy atom. The number of allylic oxidation sites excluding steroid dienone is 1. The second kappa shape index (κ2) is 8.32. The Kier molecular flexibility index (Phi) is 6.15. The van der Waals surface area contributed by atoms with Gasteiger partial charge in [-0.3, -0.25) is 10.1 Å². The number of nitriles is 1. The topological polar surface area (TPSA) is 76.2 Å². The van der Waals surface area contributed by atoms with Crippen LogP contribution in [0.5, 0.6) is 5.75 Å². The lowest BCUT2D eigenvalue weighted by molar-refractivity contribution is -0.384. The van der Waals surface area contributed by atoms with Crippen molar-refractivity contribution in [1.29, 1.82) is 5.26 Å². The van der Waals surface area contributed by atoms with Crippen LogP contribution in [0.1, 0.15) is 31.4 Å². The van der Waals surface area contributed by atoms with Crippen LogP contribution in [0.4, 0.5) is 5.69 Å². The Labute approximate surface area is 151 Å². The molecule has 0 heterocycles. The molecular weight excluding hydrogens is 340 g/mol. The Bertz CT molecular complexity index is 856. The zero-order valence-electron chi connectivity index (χ0n) is 13.9. The van der Waals surface area contributed by atoms with Crippen LogP contribution in [0.2, 0.25) is 5.02 Å². The van der Waals surface area contributed by atoms with E-state index in [9.17, 15) is 15.4 Å². The van der Waals surface area contributed by atoms with E-state index in [-0.39, 0.29) is 11.8 Å². The number of rotatable bonds is 6. The van der Waals surface area contributed by atoms with Gasteiger partial charge in [0.05, 0.1) is 27.7 Å². The molecule has 128 valence electrons. The van der Waals surface area contributed by atoms with Gasteiger partial charge < -0.3 is 4.74 Å². The third-order valence-electron chi connectivity index (χ3n) is 3.66. The van der Waals surface area contributed by atoms with Gasteiger partial charge >= 0.3 is 0 Å². The maximum Gasteiger partial charge on any atom is 0.270 e. The smallest absolute Gasteiger partial charge is 0.270 e. The molecule has 0 amide bonds. The van der Waals surface area contributed by atoms with E-state index in [4.69, 9.17) is 16.3 Å². The molecule has 0 aliphatic carbocycles. The van der Waals surface area contributed by atoms with Gasteiger partial charge in [0.25, 0.3) is 5.69 Å². The number of hydrogen-bond donors (Lipinski definition) is 0. The molecule has 2 rings (SSSR count). The Morgan fingerprint density at radius 1 is 1.40 bits per heavy atom. The second-order valence-electron chi connectivity index (χ2n) is 5.50. The minimum absolute atomic E-state index is 0.0541. The fourth-order valence-corrected chi connectivity index (χ4v) is 2.37. The molecule has 1 atom stereocenters. The monoisotopic (exact) mass is 356 g/mol. The van der Waals surface area contributed by atoms with E-state index in [2.05, 4.69) is 6.07 Å². The Hall–Kier alpha value is -2.84. The van der Waals surface area contributed by atoms with E-state index in [0.29, 0.717) is 27.5 Å². The average molecular weight is 357 g/mol. The fourth-order valence-electron chi connectivity index (χ4n) is 2.14. The van der Waals surface area contributed by atoms with Crippen LogP contribution in [0, 0.1) is 21.4 Å². The molecule has 0 aliphatic rings. The normalized spacial score (nSPS) is 12.3. The zero-order chi connectivity index (χ0) is 18.4. The van der Waals surface area contributed by atoms with Gasteiger partial charge in [-0.25, -0.2) is 0 Å². The molecule has 2 aromatic carbocycles. The van der Waals surface area contributed by atoms with Crippen LogP contribution in [-0.4, -0.2) is 11.0 Å². The SMILES string of the molecule is CCC(C)Oc1ccc(C=C(C#N)c2cccc([N+](=O)[O-])c2)cc1Cl. The molecular formula is C19H17ClN2O3. The number of ether oxygens (including phenoxy) is 1. The summed E-state index contributed by atoms with van der Waals surface area (Å²) in [6.07, 6.45) is 2.56. The first-order valence-corrected chi connectivity index (χ1v) is 8.15. The van der Waals surface area contributed by atoms with Gasteiger partial charge in [-0.15, -0.1) is 0 Å². The highest BCUT2D eigenvalue weighted by molar-refractivity contribution is 6.32. The van der Waals surface area contributed by atoms with Crippen molar-refractivity contribution in [2.45, 2.75) is 26.4 Å². The number of benzene rings is 2. The number of nitro groups is 1. The van der Waals surface area contributed by atoms with Gasteiger partial charge in [0.2, 0.25) is 0 Å². The molecule has 1 unspecified atom stereocenters. The third-order valence-corrected chi connectivity index (χ3v) is 3.95. The van der Waals surface area contributed by atoms with Crippen molar-refractivity contribution in [2.24, 2.45) is 0 Å². The maximum absolute atomic E-state index is 10.9. The summed E-state index contributed by atoms with van der Waals surface area (Å²) >= 11 is 6.24. The van der Waals surface area contributed by atoms with Gasteiger partial charge in [0.1, 0.15) is 5.75 Å². The molecule has 0 aliphatic heterocycles. The van der Waals surface area contributed by atoms with Crippen molar-refractivity contribution in [3.8, 4) is 11.8 Å². The number of non-ortho nitro benzene ring substituents is 1. The van der Waals surface area contributed by atoms with Crippen molar-refractivity contribution >= 4 is 28.9 Å². The maximum atomic E-state index is 10.9. The van der Waals surface area contributed by atoms with Crippen LogP contribution in [-0.2, 0) is 0 Å². The summed E-state index contributed by atoms with van der Waals surface area (Å²) in [6, 6.07) is 13.3. The standard InChI is InChI=1S/C19H17ClN2O3/c1-3-13(2)25-19-8-7-14(10-18(19)20)9-16(12-21)15-5-4-6-17(11-15)22(23)24/h4-11,13H,3H2,1-2H3. The molecule has 0 spiro atoms. The van der Waals surface area contributed by atoms with Crippen molar-refractivity contribution < 1.29 is 9.66 Å². The highest BCUT2D eigenvalue weighted by atomic mass is 35.5. The van der Waals surface area contributed by atoms with E-state index < -0.39 is 4.92 Å². The van der Waals surface area contributed by atoms with Gasteiger partial charge in [0.15, 0.2) is 0 Å². The second-order valence-corrected chi connectivity index (χ2v) is 5.91. The predicted octanol–water partition coefficient (Wildman–Crippen LogP) is 5.49. The van der Waals surface area contributed by atoms with Crippen LogP contribution >= 0.6 is 11.6 Å². The minimum atomic E-state index is -0.490. The summed E-state index contributed by atoms with van der Waals surface area (Å²) in [7, 11) is 0. The Morgan fingerprint density at radius 2 is 2.16 bits per heavy atom. The first kappa shape index (κ1) is 18.5. The lowest BCUT2D eigenvalue weighted by Crippen LogP contribution is -2.09. The molecule has 6 heteroatoms. The molecule has 0 saturated carbocycles. The first-order valence-electron chi connectivity index (χ1n) is 7.77. The summed E-state index contributed by atoms with van der Waals surface area (Å²) in [4.78, 5) is 10.4. The minimum Gasteiger partial charge on any atom is -0.489 e. The number of nitro benzene ring substituents is 1. The van der Waals surface area contributed by atoms with E-state index in [0.717, 1.165) is 6.42 Å². The highest BCUT2D eigenvalue weighted by Gasteiger charge is 2.10. The summed E-state index contributed by atoms with van der Waals surface area (Å²) in [6.45, 7) is 3.98. The molecule has 0 aromatic heterocycles. The molecule has 5 nitrogen and oxygen atoms in total. The number of halogens is 1. The fraction of sp³-hybridized carbons (Fsp3) is 0.211. The lowest BCUT2D eigenvalue weighted by atomic mass is 10.0. The van der Waals surface area contributed by atoms with Gasteiger partial charge in [-0.05, 0) is 42.7 Å². The lowest BCUT2D eigenvalue weighted by Gasteiger charge is -2.14. The van der Waals surface area contributed by atoms with Crippen LogP contribution in [0.25, 0.3) is 11.6 Å². The largest absolute Gasteiger partial charge is 0.489 e. The van der Waals surface area contributed by atoms with E-state index >= 15 is 0 Å². The zero-order valence-corrected chi connectivity index (χ0v) is 14.7. The van der Waals surface area contributed by atoms with Crippen LogP contribution < -0.4 is 4.74 Å². The van der Waals surface area contributed by atoms with Gasteiger partial charge in [-0.2, -0.15) is 5.26 Å². The van der Waals surface area contributed by atoms with E-state index in [1.807, 2.05) is 13.8 Å². The first-order chi connectivity index (χ1) is 11.9. The summed E-state index contributed by atoms with van der Waals surface area (Å²) in [5.41, 5.74) is 1.45. The molecule has 2 aromatic rings. The highest BCUT2D eigenvalue weighted by Crippen LogP contribution is 2.29. The Balaban J connectivity index is 2.34. The molecule has 0 N–H and O–H groups in total. The van der Waals surface area contributed by atoms with Gasteiger partial charge in [0, 0.05) is 12.1 Å². The number of hydrogen-bond acceptors (Lipinski definition) is 4. The quantitative estimate of drug-likeness (QED) is 0.297. The molecule has 25 heavy (non-hydrogen) atoms. The van der Waals surface area contributed by atoms with Crippen molar-refractivity contribution in [3.63, 3.8) is 0 Å². The third kappa shape index (κ3) is 4.82. The van der Waals surface area contributed by atoms with Gasteiger partial charge in [-0.1, -0.05) is 36.7 Å². The molecule has 0 fully saturated rings. The van der Waals surface area contributed by atoms with E-state index in [1.54, 1.807) is 36.4 Å². The predicted molar refractivity (Wildman–Crippen MR) is 98.4 cm³/mol. The van der Waals surface area contributed by atoms with E-state index in [1.165, 1.54) is 12.1 Å². The average Bonchev–Trinajstić information content (AvgIpc) is 2.61.